The second-order valence-corrected chi connectivity index (χ2v) is 9.86. The summed E-state index contributed by atoms with van der Waals surface area (Å²) in [6.07, 6.45) is 2.85. The molecule has 0 aromatic heterocycles. The summed E-state index contributed by atoms with van der Waals surface area (Å²) in [4.78, 5) is 88.6. The highest BCUT2D eigenvalue weighted by Crippen LogP contribution is 2.31. The fourth-order valence-electron chi connectivity index (χ4n) is 4.99. The van der Waals surface area contributed by atoms with Gasteiger partial charge in [0.05, 0.1) is 44.8 Å². The van der Waals surface area contributed by atoms with Crippen molar-refractivity contribution in [2.45, 2.75) is 0 Å². The molecule has 11 heteroatoms. The highest BCUT2D eigenvalue weighted by molar-refractivity contribution is 6.35. The molecule has 0 unspecified atom stereocenters. The minimum Gasteiger partial charge on any atom is -0.478 e. The lowest BCUT2D eigenvalue weighted by atomic mass is 10.1. The Morgan fingerprint density at radius 3 is 1.32 bits per heavy atom. The van der Waals surface area contributed by atoms with Crippen molar-refractivity contribution in [1.29, 1.82) is 0 Å². The summed E-state index contributed by atoms with van der Waals surface area (Å²) in [5.74, 6) is -5.29. The summed E-state index contributed by atoms with van der Waals surface area (Å²) in [7, 11) is 0. The predicted octanol–water partition coefficient (Wildman–Crippen LogP) is 4.58. The summed E-state index contributed by atoms with van der Waals surface area (Å²) >= 11 is 0. The molecule has 0 radical (unpaired) electrons. The second-order valence-electron chi connectivity index (χ2n) is 9.86. The quantitative estimate of drug-likeness (QED) is 0.179. The van der Waals surface area contributed by atoms with E-state index in [0.717, 1.165) is 15.9 Å². The Hall–Kier alpha value is -6.49. The van der Waals surface area contributed by atoms with E-state index in [1.165, 1.54) is 78.9 Å². The lowest BCUT2D eigenvalue weighted by molar-refractivity contribution is 0.0686. The van der Waals surface area contributed by atoms with E-state index in [1.807, 2.05) is 0 Å². The number of carbonyl (C=O) groups is 7. The van der Waals surface area contributed by atoms with Gasteiger partial charge >= 0.3 is 11.9 Å². The molecule has 0 aliphatic carbocycles. The van der Waals surface area contributed by atoms with Crippen molar-refractivity contribution in [3.05, 3.63) is 136 Å². The molecule has 2 N–H and O–H groups in total. The van der Waals surface area contributed by atoms with Gasteiger partial charge in [-0.25, -0.2) is 19.4 Å². The maximum absolute atomic E-state index is 12.9. The van der Waals surface area contributed by atoms with Crippen LogP contribution in [0.15, 0.2) is 91.0 Å². The third-order valence-corrected chi connectivity index (χ3v) is 7.26. The SMILES string of the molecule is O=C(O)c1ccc2c(c1)C(=O)N(c1ccc(/C=C/C(=O)c3ccc(N4C(=O)c5ccc(C(=O)O)cc5C4=O)cc3)cc1)C2=O. The van der Waals surface area contributed by atoms with E-state index < -0.39 is 35.6 Å². The van der Waals surface area contributed by atoms with Gasteiger partial charge in [-0.05, 0) is 84.4 Å². The van der Waals surface area contributed by atoms with Crippen molar-refractivity contribution in [2.75, 3.05) is 9.80 Å². The van der Waals surface area contributed by atoms with Crippen LogP contribution in [0.3, 0.4) is 0 Å². The van der Waals surface area contributed by atoms with Crippen molar-refractivity contribution >= 4 is 58.8 Å². The number of benzene rings is 4. The van der Waals surface area contributed by atoms with Gasteiger partial charge in [0.25, 0.3) is 23.6 Å². The zero-order valence-electron chi connectivity index (χ0n) is 22.4. The number of carboxylic acid groups (broad SMARTS) is 2. The van der Waals surface area contributed by atoms with Crippen LogP contribution in [0.25, 0.3) is 6.08 Å². The van der Waals surface area contributed by atoms with Crippen molar-refractivity contribution in [3.63, 3.8) is 0 Å². The van der Waals surface area contributed by atoms with Gasteiger partial charge in [-0.15, -0.1) is 0 Å². The zero-order chi connectivity index (χ0) is 31.3. The number of hydrogen-bond donors (Lipinski definition) is 2. The number of allylic oxidation sites excluding steroid dienone is 1. The Kier molecular flexibility index (Phi) is 6.54. The van der Waals surface area contributed by atoms with Crippen LogP contribution in [0, 0.1) is 0 Å². The lowest BCUT2D eigenvalue weighted by Gasteiger charge is -2.14. The summed E-state index contributed by atoms with van der Waals surface area (Å²) in [6, 6.07) is 19.5. The standard InChI is InChI=1S/C33H18N2O9/c36-27(18-4-10-22(11-5-18)35-29(38)24-13-7-20(33(43)44)16-26(24)31(35)40)14-3-17-1-8-21(9-2-17)34-28(37)23-12-6-19(32(41)42)15-25(23)30(34)39/h1-16H,(H,41,42)(H,43,44)/b14-3+. The minimum atomic E-state index is -1.22. The third kappa shape index (κ3) is 4.54. The number of carboxylic acids is 2. The van der Waals surface area contributed by atoms with Gasteiger partial charge in [0.1, 0.15) is 0 Å². The fourth-order valence-corrected chi connectivity index (χ4v) is 4.99. The summed E-state index contributed by atoms with van der Waals surface area (Å²) in [5, 5.41) is 18.4. The molecule has 0 saturated heterocycles. The summed E-state index contributed by atoms with van der Waals surface area (Å²) in [5.41, 5.74) is 1.33. The van der Waals surface area contributed by atoms with Crippen LogP contribution >= 0.6 is 0 Å². The molecule has 0 spiro atoms. The van der Waals surface area contributed by atoms with E-state index in [1.54, 1.807) is 12.1 Å². The molecule has 44 heavy (non-hydrogen) atoms. The molecule has 0 atom stereocenters. The minimum absolute atomic E-state index is 0.00538. The topological polar surface area (TPSA) is 166 Å². The number of nitrogens with zero attached hydrogens (tertiary/aromatic N) is 2. The van der Waals surface area contributed by atoms with Crippen molar-refractivity contribution in [3.8, 4) is 0 Å². The molecule has 11 nitrogen and oxygen atoms in total. The van der Waals surface area contributed by atoms with Crippen LogP contribution in [-0.2, 0) is 0 Å². The molecule has 0 saturated carbocycles. The van der Waals surface area contributed by atoms with E-state index >= 15 is 0 Å². The van der Waals surface area contributed by atoms with E-state index in [9.17, 15) is 43.8 Å². The maximum Gasteiger partial charge on any atom is 0.335 e. The number of amides is 4. The number of anilines is 2. The molecular weight excluding hydrogens is 568 g/mol. The fraction of sp³-hybridized carbons (Fsp3) is 0. The monoisotopic (exact) mass is 586 g/mol. The molecule has 2 heterocycles. The number of ketones is 1. The van der Waals surface area contributed by atoms with Crippen molar-refractivity contribution in [2.24, 2.45) is 0 Å². The number of fused-ring (bicyclic) bond motifs is 2. The summed E-state index contributed by atoms with van der Waals surface area (Å²) in [6.45, 7) is 0. The van der Waals surface area contributed by atoms with Crippen LogP contribution in [0.4, 0.5) is 11.4 Å². The molecule has 4 aromatic carbocycles. The first-order valence-electron chi connectivity index (χ1n) is 13.0. The average Bonchev–Trinajstić information content (AvgIpc) is 3.43. The average molecular weight is 587 g/mol. The van der Waals surface area contributed by atoms with Crippen LogP contribution in [-0.4, -0.2) is 51.6 Å². The second kappa shape index (κ2) is 10.4. The first-order valence-corrected chi connectivity index (χ1v) is 13.0. The van der Waals surface area contributed by atoms with E-state index in [-0.39, 0.29) is 56.1 Å². The highest BCUT2D eigenvalue weighted by atomic mass is 16.4. The predicted molar refractivity (Wildman–Crippen MR) is 155 cm³/mol. The number of aromatic carboxylic acids is 2. The van der Waals surface area contributed by atoms with Gasteiger partial charge in [-0.2, -0.15) is 0 Å². The summed E-state index contributed by atoms with van der Waals surface area (Å²) < 4.78 is 0. The van der Waals surface area contributed by atoms with Gasteiger partial charge in [0.2, 0.25) is 0 Å². The number of rotatable bonds is 7. The van der Waals surface area contributed by atoms with Crippen molar-refractivity contribution < 1.29 is 43.8 Å². The van der Waals surface area contributed by atoms with Gasteiger partial charge in [-0.3, -0.25) is 24.0 Å². The molecule has 214 valence electrons. The van der Waals surface area contributed by atoms with Gasteiger partial charge in [-0.1, -0.05) is 18.2 Å². The molecule has 6 rings (SSSR count). The number of carbonyl (C=O) groups excluding carboxylic acids is 5. The molecule has 4 aromatic rings. The molecule has 0 bridgehead atoms. The third-order valence-electron chi connectivity index (χ3n) is 7.26. The highest BCUT2D eigenvalue weighted by Gasteiger charge is 2.38. The number of hydrogen-bond acceptors (Lipinski definition) is 7. The lowest BCUT2D eigenvalue weighted by Crippen LogP contribution is -2.29. The van der Waals surface area contributed by atoms with Crippen LogP contribution in [0.5, 0.6) is 0 Å². The van der Waals surface area contributed by atoms with E-state index in [2.05, 4.69) is 0 Å². The van der Waals surface area contributed by atoms with Crippen molar-refractivity contribution in [1.82, 2.24) is 0 Å². The van der Waals surface area contributed by atoms with Crippen LogP contribution in [0.1, 0.15) is 78.1 Å². The first-order chi connectivity index (χ1) is 21.0. The van der Waals surface area contributed by atoms with Crippen LogP contribution < -0.4 is 9.80 Å². The number of imide groups is 2. The Balaban J connectivity index is 1.14. The Bertz CT molecular complexity index is 2010. The van der Waals surface area contributed by atoms with Gasteiger partial charge in [0, 0.05) is 5.56 Å². The first kappa shape index (κ1) is 27.7. The Labute approximate surface area is 247 Å². The zero-order valence-corrected chi connectivity index (χ0v) is 22.4. The smallest absolute Gasteiger partial charge is 0.335 e. The normalized spacial score (nSPS) is 13.9. The molecule has 2 aliphatic rings. The Morgan fingerprint density at radius 1 is 0.500 bits per heavy atom. The molecule has 4 amide bonds. The van der Waals surface area contributed by atoms with Crippen LogP contribution in [0.2, 0.25) is 0 Å². The largest absolute Gasteiger partial charge is 0.478 e. The van der Waals surface area contributed by atoms with E-state index in [4.69, 9.17) is 0 Å². The van der Waals surface area contributed by atoms with Gasteiger partial charge < -0.3 is 10.2 Å². The maximum atomic E-state index is 12.9. The molecule has 2 aliphatic heterocycles. The van der Waals surface area contributed by atoms with Gasteiger partial charge in [0.15, 0.2) is 5.78 Å². The molecule has 0 fully saturated rings. The Morgan fingerprint density at radius 2 is 0.886 bits per heavy atom. The molecular formula is C33H18N2O9. The van der Waals surface area contributed by atoms with E-state index in [0.29, 0.717) is 5.56 Å².